The van der Waals surface area contributed by atoms with E-state index < -0.39 is 0 Å². The van der Waals surface area contributed by atoms with Crippen LogP contribution in [0.4, 0.5) is 4.79 Å². The van der Waals surface area contributed by atoms with Gasteiger partial charge in [-0.05, 0) is 29.9 Å². The minimum atomic E-state index is 0.0274. The fraction of sp³-hybridized carbons (Fsp3) is 0.348. The number of carbonyl (C=O) groups excluding carboxylic acids is 1. The molecule has 0 saturated carbocycles. The molecular formula is C23H27N5O. The van der Waals surface area contributed by atoms with Crippen molar-refractivity contribution in [2.75, 3.05) is 13.1 Å². The van der Waals surface area contributed by atoms with Crippen molar-refractivity contribution >= 4 is 6.03 Å². The van der Waals surface area contributed by atoms with Gasteiger partial charge in [0.2, 0.25) is 0 Å². The third-order valence-corrected chi connectivity index (χ3v) is 5.55. The second-order valence-electron chi connectivity index (χ2n) is 7.64. The molecule has 4 rings (SSSR count). The molecule has 0 atom stereocenters. The number of piperidine rings is 1. The Bertz CT molecular complexity index is 901. The highest BCUT2D eigenvalue weighted by atomic mass is 16.2. The second kappa shape index (κ2) is 9.37. The van der Waals surface area contributed by atoms with Gasteiger partial charge >= 0.3 is 6.03 Å². The van der Waals surface area contributed by atoms with E-state index in [1.807, 2.05) is 47.6 Å². The fourth-order valence-electron chi connectivity index (χ4n) is 3.83. The summed E-state index contributed by atoms with van der Waals surface area (Å²) in [5.41, 5.74) is 2.37. The predicted octanol–water partition coefficient (Wildman–Crippen LogP) is 3.49. The van der Waals surface area contributed by atoms with Gasteiger partial charge in [0.1, 0.15) is 12.2 Å². The Morgan fingerprint density at radius 1 is 0.966 bits per heavy atom. The lowest BCUT2D eigenvalue weighted by atomic mass is 9.93. The van der Waals surface area contributed by atoms with Gasteiger partial charge in [-0.3, -0.25) is 0 Å². The van der Waals surface area contributed by atoms with E-state index in [1.165, 1.54) is 5.56 Å². The Hall–Kier alpha value is -3.15. The molecule has 1 N–H and O–H groups in total. The first-order chi connectivity index (χ1) is 14.3. The molecule has 1 aromatic heterocycles. The lowest BCUT2D eigenvalue weighted by molar-refractivity contribution is 0.169. The molecule has 1 fully saturated rings. The molecule has 0 unspecified atom stereocenters. The van der Waals surface area contributed by atoms with Gasteiger partial charge in [-0.25, -0.2) is 4.79 Å². The first-order valence-electron chi connectivity index (χ1n) is 10.3. The van der Waals surface area contributed by atoms with Crippen molar-refractivity contribution < 1.29 is 4.79 Å². The summed E-state index contributed by atoms with van der Waals surface area (Å²) in [5, 5.41) is 11.5. The summed E-state index contributed by atoms with van der Waals surface area (Å²) < 4.78 is 2.13. The third kappa shape index (κ3) is 5.22. The Labute approximate surface area is 171 Å². The standard InChI is InChI=1S/C23H27N5O/c29-23(24-16-20-7-3-1-4-8-20)27-13-11-19(12-14-27)15-22-26-25-18-28(22)17-21-9-5-2-6-10-21/h1-10,18-19H,11-17H2,(H,24,29). The summed E-state index contributed by atoms with van der Waals surface area (Å²) in [4.78, 5) is 14.4. The van der Waals surface area contributed by atoms with Crippen molar-refractivity contribution in [3.05, 3.63) is 83.9 Å². The molecule has 3 aromatic rings. The number of hydrogen-bond donors (Lipinski definition) is 1. The number of hydrogen-bond acceptors (Lipinski definition) is 3. The largest absolute Gasteiger partial charge is 0.334 e. The topological polar surface area (TPSA) is 63.1 Å². The number of nitrogens with zero attached hydrogens (tertiary/aromatic N) is 4. The Morgan fingerprint density at radius 3 is 2.31 bits per heavy atom. The number of urea groups is 1. The summed E-state index contributed by atoms with van der Waals surface area (Å²) in [5.74, 6) is 1.56. The summed E-state index contributed by atoms with van der Waals surface area (Å²) >= 11 is 0. The normalized spacial score (nSPS) is 14.7. The number of benzene rings is 2. The van der Waals surface area contributed by atoms with Crippen molar-refractivity contribution in [1.29, 1.82) is 0 Å². The fourth-order valence-corrected chi connectivity index (χ4v) is 3.83. The molecular weight excluding hydrogens is 362 g/mol. The molecule has 0 bridgehead atoms. The maximum Gasteiger partial charge on any atom is 0.317 e. The molecule has 2 heterocycles. The number of likely N-dealkylation sites (tertiary alicyclic amines) is 1. The van der Waals surface area contributed by atoms with Crippen LogP contribution < -0.4 is 5.32 Å². The molecule has 1 aliphatic heterocycles. The van der Waals surface area contributed by atoms with E-state index in [-0.39, 0.29) is 6.03 Å². The molecule has 0 spiro atoms. The van der Waals surface area contributed by atoms with E-state index in [4.69, 9.17) is 0 Å². The molecule has 1 aliphatic rings. The van der Waals surface area contributed by atoms with Gasteiger partial charge in [-0.2, -0.15) is 0 Å². The van der Waals surface area contributed by atoms with Gasteiger partial charge in [0.05, 0.1) is 6.54 Å². The van der Waals surface area contributed by atoms with Gasteiger partial charge in [0, 0.05) is 26.1 Å². The highest BCUT2D eigenvalue weighted by Gasteiger charge is 2.24. The van der Waals surface area contributed by atoms with E-state index in [2.05, 4.69) is 44.3 Å². The molecule has 6 heteroatoms. The smallest absolute Gasteiger partial charge is 0.317 e. The summed E-state index contributed by atoms with van der Waals surface area (Å²) in [6.45, 7) is 2.95. The number of amides is 2. The van der Waals surface area contributed by atoms with Crippen LogP contribution in [0.15, 0.2) is 67.0 Å². The lowest BCUT2D eigenvalue weighted by Crippen LogP contribution is -2.44. The van der Waals surface area contributed by atoms with Crippen LogP contribution in [0.25, 0.3) is 0 Å². The quantitative estimate of drug-likeness (QED) is 0.702. The van der Waals surface area contributed by atoms with Crippen LogP contribution in [0.2, 0.25) is 0 Å². The number of nitrogens with one attached hydrogen (secondary N) is 1. The predicted molar refractivity (Wildman–Crippen MR) is 112 cm³/mol. The molecule has 1 saturated heterocycles. The van der Waals surface area contributed by atoms with Crippen LogP contribution in [0, 0.1) is 5.92 Å². The minimum absolute atomic E-state index is 0.0274. The van der Waals surface area contributed by atoms with E-state index in [9.17, 15) is 4.79 Å². The highest BCUT2D eigenvalue weighted by molar-refractivity contribution is 5.74. The van der Waals surface area contributed by atoms with Gasteiger partial charge in [-0.15, -0.1) is 10.2 Å². The highest BCUT2D eigenvalue weighted by Crippen LogP contribution is 2.21. The van der Waals surface area contributed by atoms with E-state index >= 15 is 0 Å². The van der Waals surface area contributed by atoms with Crippen molar-refractivity contribution in [3.63, 3.8) is 0 Å². The van der Waals surface area contributed by atoms with Gasteiger partial charge in [0.25, 0.3) is 0 Å². The van der Waals surface area contributed by atoms with Crippen LogP contribution in [0.5, 0.6) is 0 Å². The van der Waals surface area contributed by atoms with Crippen LogP contribution in [-0.4, -0.2) is 38.8 Å². The Balaban J connectivity index is 1.25. The zero-order valence-electron chi connectivity index (χ0n) is 16.6. The molecule has 0 aliphatic carbocycles. The van der Waals surface area contributed by atoms with Crippen molar-refractivity contribution in [2.45, 2.75) is 32.4 Å². The van der Waals surface area contributed by atoms with E-state index in [0.29, 0.717) is 12.5 Å². The van der Waals surface area contributed by atoms with Crippen molar-refractivity contribution in [2.24, 2.45) is 5.92 Å². The lowest BCUT2D eigenvalue weighted by Gasteiger charge is -2.32. The first-order valence-corrected chi connectivity index (χ1v) is 10.3. The van der Waals surface area contributed by atoms with Gasteiger partial charge in [-0.1, -0.05) is 60.7 Å². The number of rotatable bonds is 6. The van der Waals surface area contributed by atoms with Crippen LogP contribution in [0.3, 0.4) is 0 Å². The summed E-state index contributed by atoms with van der Waals surface area (Å²) in [7, 11) is 0. The van der Waals surface area contributed by atoms with E-state index in [1.54, 1.807) is 0 Å². The van der Waals surface area contributed by atoms with Crippen molar-refractivity contribution in [3.8, 4) is 0 Å². The Kier molecular flexibility index (Phi) is 6.19. The molecule has 6 nitrogen and oxygen atoms in total. The maximum atomic E-state index is 12.4. The zero-order valence-corrected chi connectivity index (χ0v) is 16.6. The van der Waals surface area contributed by atoms with Gasteiger partial charge in [0.15, 0.2) is 0 Å². The maximum absolute atomic E-state index is 12.4. The third-order valence-electron chi connectivity index (χ3n) is 5.55. The molecule has 2 amide bonds. The van der Waals surface area contributed by atoms with Crippen LogP contribution >= 0.6 is 0 Å². The number of aromatic nitrogens is 3. The SMILES string of the molecule is O=C(NCc1ccccc1)N1CCC(Cc2nncn2Cc2ccccc2)CC1. The molecule has 0 radical (unpaired) electrons. The van der Waals surface area contributed by atoms with Crippen molar-refractivity contribution in [1.82, 2.24) is 25.0 Å². The molecule has 29 heavy (non-hydrogen) atoms. The monoisotopic (exact) mass is 389 g/mol. The first kappa shape index (κ1) is 19.2. The average Bonchev–Trinajstić information content (AvgIpc) is 3.20. The average molecular weight is 390 g/mol. The minimum Gasteiger partial charge on any atom is -0.334 e. The Morgan fingerprint density at radius 2 is 1.62 bits per heavy atom. The summed E-state index contributed by atoms with van der Waals surface area (Å²) in [6, 6.07) is 20.4. The number of carbonyl (C=O) groups is 1. The zero-order chi connectivity index (χ0) is 19.9. The molecule has 150 valence electrons. The van der Waals surface area contributed by atoms with Gasteiger partial charge < -0.3 is 14.8 Å². The second-order valence-corrected chi connectivity index (χ2v) is 7.64. The van der Waals surface area contributed by atoms with Crippen LogP contribution in [0.1, 0.15) is 29.8 Å². The van der Waals surface area contributed by atoms with E-state index in [0.717, 1.165) is 50.3 Å². The molecule has 2 aromatic carbocycles. The summed E-state index contributed by atoms with van der Waals surface area (Å²) in [6.07, 6.45) is 4.72. The van der Waals surface area contributed by atoms with Crippen LogP contribution in [-0.2, 0) is 19.5 Å².